The van der Waals surface area contributed by atoms with Crippen LogP contribution in [0.3, 0.4) is 0 Å². The summed E-state index contributed by atoms with van der Waals surface area (Å²) in [5, 5.41) is 4.56. The number of hydrogen-bond donors (Lipinski definition) is 0. The molecule has 0 aliphatic heterocycles. The smallest absolute Gasteiger partial charge is 0.178 e. The molecule has 0 radical (unpaired) electrons. The number of unbranched alkanes of at least 4 members (excludes halogenated alkanes) is 2. The summed E-state index contributed by atoms with van der Waals surface area (Å²) in [6.07, 6.45) is 4.86. The fourth-order valence-electron chi connectivity index (χ4n) is 3.95. The zero-order chi connectivity index (χ0) is 17.7. The third kappa shape index (κ3) is 2.33. The van der Waals surface area contributed by atoms with Crippen molar-refractivity contribution in [3.8, 4) is 0 Å². The summed E-state index contributed by atoms with van der Waals surface area (Å²) in [7, 11) is 0. The lowest BCUT2D eigenvalue weighted by molar-refractivity contribution is 0.632. The summed E-state index contributed by atoms with van der Waals surface area (Å²) < 4.78 is 12.5. The van der Waals surface area contributed by atoms with Crippen molar-refractivity contribution >= 4 is 43.9 Å². The van der Waals surface area contributed by atoms with Gasteiger partial charge in [0.1, 0.15) is 11.2 Å². The Balaban J connectivity index is 1.72. The van der Waals surface area contributed by atoms with Crippen LogP contribution in [0.4, 0.5) is 0 Å². The van der Waals surface area contributed by atoms with Crippen molar-refractivity contribution in [3.63, 3.8) is 0 Å². The van der Waals surface area contributed by atoms with Gasteiger partial charge in [0.15, 0.2) is 11.2 Å². The second-order valence-corrected chi connectivity index (χ2v) is 7.31. The molecule has 0 fully saturated rings. The van der Waals surface area contributed by atoms with Gasteiger partial charge in [-0.3, -0.25) is 0 Å². The minimum absolute atomic E-state index is 0.854. The minimum atomic E-state index is 0.854. The van der Waals surface area contributed by atoms with Gasteiger partial charge in [0.25, 0.3) is 0 Å². The fraction of sp³-hybridized carbons (Fsp3) is 0.250. The molecular formula is C24H22O2. The third-order valence-electron chi connectivity index (χ3n) is 5.37. The maximum Gasteiger partial charge on any atom is 0.178 e. The van der Waals surface area contributed by atoms with Crippen molar-refractivity contribution in [3.05, 3.63) is 59.7 Å². The van der Waals surface area contributed by atoms with Crippen LogP contribution < -0.4 is 0 Å². The van der Waals surface area contributed by atoms with Crippen molar-refractivity contribution in [2.24, 2.45) is 0 Å². The van der Waals surface area contributed by atoms with Crippen LogP contribution >= 0.6 is 0 Å². The van der Waals surface area contributed by atoms with Crippen LogP contribution in [-0.4, -0.2) is 0 Å². The SMILES string of the molecule is CCCCCc1ccc2c(c1)oc1c2ccc2c3ccc(C)cc3oc21. The van der Waals surface area contributed by atoms with E-state index in [4.69, 9.17) is 8.83 Å². The predicted molar refractivity (Wildman–Crippen MR) is 109 cm³/mol. The topological polar surface area (TPSA) is 26.3 Å². The zero-order valence-electron chi connectivity index (χ0n) is 15.3. The monoisotopic (exact) mass is 342 g/mol. The lowest BCUT2D eigenvalue weighted by Crippen LogP contribution is -1.84. The van der Waals surface area contributed by atoms with E-state index in [0.29, 0.717) is 0 Å². The van der Waals surface area contributed by atoms with Gasteiger partial charge in [-0.1, -0.05) is 44.0 Å². The van der Waals surface area contributed by atoms with E-state index in [0.717, 1.165) is 50.3 Å². The number of furan rings is 2. The Hall–Kier alpha value is -2.74. The summed E-state index contributed by atoms with van der Waals surface area (Å²) >= 11 is 0. The van der Waals surface area contributed by atoms with E-state index in [1.54, 1.807) is 0 Å². The van der Waals surface area contributed by atoms with Crippen LogP contribution in [-0.2, 0) is 6.42 Å². The summed E-state index contributed by atoms with van der Waals surface area (Å²) in [5.74, 6) is 0. The maximum absolute atomic E-state index is 6.28. The number of rotatable bonds is 4. The molecule has 2 heteroatoms. The standard InChI is InChI=1S/C24H22O2/c1-3-4-5-6-16-8-10-18-20-12-11-19-17-9-7-15(2)13-21(17)25-23(19)24(20)26-22(18)14-16/h7-14H,3-6H2,1-2H3. The van der Waals surface area contributed by atoms with E-state index in [2.05, 4.69) is 62.4 Å². The number of fused-ring (bicyclic) bond motifs is 7. The van der Waals surface area contributed by atoms with Gasteiger partial charge in [-0.05, 0) is 55.2 Å². The molecule has 0 N–H and O–H groups in total. The van der Waals surface area contributed by atoms with E-state index in [1.165, 1.54) is 30.4 Å². The normalized spacial score (nSPS) is 12.1. The number of hydrogen-bond acceptors (Lipinski definition) is 2. The minimum Gasteiger partial charge on any atom is -0.452 e. The predicted octanol–water partition coefficient (Wildman–Crippen LogP) is 7.53. The molecule has 0 aliphatic rings. The molecule has 26 heavy (non-hydrogen) atoms. The number of benzene rings is 3. The average molecular weight is 342 g/mol. The van der Waals surface area contributed by atoms with Crippen LogP contribution in [0.15, 0.2) is 57.4 Å². The van der Waals surface area contributed by atoms with Crippen molar-refractivity contribution in [1.29, 1.82) is 0 Å². The highest BCUT2D eigenvalue weighted by Crippen LogP contribution is 2.38. The molecule has 0 unspecified atom stereocenters. The van der Waals surface area contributed by atoms with Gasteiger partial charge < -0.3 is 8.83 Å². The molecule has 5 aromatic rings. The molecule has 2 heterocycles. The highest BCUT2D eigenvalue weighted by atomic mass is 16.4. The molecule has 130 valence electrons. The Morgan fingerprint density at radius 1 is 0.692 bits per heavy atom. The van der Waals surface area contributed by atoms with E-state index in [9.17, 15) is 0 Å². The van der Waals surface area contributed by atoms with Gasteiger partial charge in [0.2, 0.25) is 0 Å². The lowest BCUT2D eigenvalue weighted by atomic mass is 10.0. The fourth-order valence-corrected chi connectivity index (χ4v) is 3.95. The Kier molecular flexibility index (Phi) is 3.53. The number of aryl methyl sites for hydroxylation is 2. The molecule has 5 rings (SSSR count). The summed E-state index contributed by atoms with van der Waals surface area (Å²) in [4.78, 5) is 0. The van der Waals surface area contributed by atoms with Crippen LogP contribution in [0, 0.1) is 6.92 Å². The van der Waals surface area contributed by atoms with E-state index in [1.807, 2.05) is 0 Å². The first-order valence-corrected chi connectivity index (χ1v) is 9.51. The molecule has 0 amide bonds. The van der Waals surface area contributed by atoms with Crippen molar-refractivity contribution < 1.29 is 8.83 Å². The van der Waals surface area contributed by atoms with Crippen LogP contribution in [0.2, 0.25) is 0 Å². The Morgan fingerprint density at radius 3 is 2.00 bits per heavy atom. The third-order valence-corrected chi connectivity index (χ3v) is 5.37. The first-order valence-electron chi connectivity index (χ1n) is 9.51. The van der Waals surface area contributed by atoms with E-state index in [-0.39, 0.29) is 0 Å². The molecule has 2 nitrogen and oxygen atoms in total. The molecule has 0 spiro atoms. The van der Waals surface area contributed by atoms with Gasteiger partial charge in [-0.2, -0.15) is 0 Å². The molecule has 3 aromatic carbocycles. The molecule has 2 aromatic heterocycles. The van der Waals surface area contributed by atoms with E-state index < -0.39 is 0 Å². The van der Waals surface area contributed by atoms with Crippen molar-refractivity contribution in [2.75, 3.05) is 0 Å². The lowest BCUT2D eigenvalue weighted by Gasteiger charge is -2.00. The quantitative estimate of drug-likeness (QED) is 0.316. The van der Waals surface area contributed by atoms with Gasteiger partial charge in [0.05, 0.1) is 0 Å². The average Bonchev–Trinajstić information content (AvgIpc) is 3.18. The van der Waals surface area contributed by atoms with Crippen molar-refractivity contribution in [1.82, 2.24) is 0 Å². The Labute approximate surface area is 152 Å². The highest BCUT2D eigenvalue weighted by Gasteiger charge is 2.16. The van der Waals surface area contributed by atoms with Crippen LogP contribution in [0.5, 0.6) is 0 Å². The van der Waals surface area contributed by atoms with Crippen molar-refractivity contribution in [2.45, 2.75) is 39.5 Å². The van der Waals surface area contributed by atoms with Gasteiger partial charge in [-0.15, -0.1) is 0 Å². The molecule has 0 aliphatic carbocycles. The van der Waals surface area contributed by atoms with Gasteiger partial charge in [-0.25, -0.2) is 0 Å². The van der Waals surface area contributed by atoms with Crippen LogP contribution in [0.25, 0.3) is 43.9 Å². The van der Waals surface area contributed by atoms with Gasteiger partial charge in [0, 0.05) is 21.5 Å². The molecule has 0 bridgehead atoms. The zero-order valence-corrected chi connectivity index (χ0v) is 15.3. The Morgan fingerprint density at radius 2 is 1.31 bits per heavy atom. The second kappa shape index (κ2) is 5.91. The first-order chi connectivity index (χ1) is 12.7. The van der Waals surface area contributed by atoms with Gasteiger partial charge >= 0.3 is 0 Å². The Bertz CT molecular complexity index is 1250. The highest BCUT2D eigenvalue weighted by molar-refractivity contribution is 6.18. The van der Waals surface area contributed by atoms with E-state index >= 15 is 0 Å². The molecule has 0 saturated heterocycles. The summed E-state index contributed by atoms with van der Waals surface area (Å²) in [5.41, 5.74) is 6.14. The van der Waals surface area contributed by atoms with Crippen LogP contribution in [0.1, 0.15) is 37.3 Å². The molecular weight excluding hydrogens is 320 g/mol. The summed E-state index contributed by atoms with van der Waals surface area (Å²) in [6.45, 7) is 4.33. The summed E-state index contributed by atoms with van der Waals surface area (Å²) in [6, 6.07) is 17.3. The molecule has 0 saturated carbocycles. The molecule has 0 atom stereocenters. The second-order valence-electron chi connectivity index (χ2n) is 7.31. The largest absolute Gasteiger partial charge is 0.452 e. The maximum atomic E-state index is 6.28. The first kappa shape index (κ1) is 15.5.